The molecule has 1 aliphatic rings. The number of benzene rings is 1. The van der Waals surface area contributed by atoms with Crippen molar-refractivity contribution >= 4 is 11.0 Å². The number of aromatic nitrogens is 2. The number of hydrogen-bond donors (Lipinski definition) is 1. The Morgan fingerprint density at radius 3 is 2.62 bits per heavy atom. The summed E-state index contributed by atoms with van der Waals surface area (Å²) in [5, 5.41) is 9.15. The van der Waals surface area contributed by atoms with Gasteiger partial charge in [0.05, 0.1) is 17.6 Å². The second kappa shape index (κ2) is 6.07. The van der Waals surface area contributed by atoms with E-state index in [4.69, 9.17) is 5.11 Å². The van der Waals surface area contributed by atoms with E-state index in [0.717, 1.165) is 30.5 Å². The van der Waals surface area contributed by atoms with Gasteiger partial charge < -0.3 is 5.11 Å². The summed E-state index contributed by atoms with van der Waals surface area (Å²) in [6.45, 7) is -0.307. The van der Waals surface area contributed by atoms with Crippen LogP contribution < -0.4 is 0 Å². The van der Waals surface area contributed by atoms with Crippen LogP contribution in [-0.4, -0.2) is 39.3 Å². The van der Waals surface area contributed by atoms with Crippen LogP contribution in [0.15, 0.2) is 24.3 Å². The van der Waals surface area contributed by atoms with E-state index in [1.54, 1.807) is 18.2 Å². The Bertz CT molecular complexity index is 606. The third-order valence-electron chi connectivity index (χ3n) is 4.19. The van der Waals surface area contributed by atoms with Crippen molar-refractivity contribution in [2.75, 3.05) is 19.7 Å². The first-order valence-electron chi connectivity index (χ1n) is 7.26. The molecule has 0 aliphatic carbocycles. The summed E-state index contributed by atoms with van der Waals surface area (Å²) in [5.41, 5.74) is 1.09. The van der Waals surface area contributed by atoms with Crippen molar-refractivity contribution in [1.82, 2.24) is 14.5 Å². The molecule has 0 unspecified atom stereocenters. The molecule has 21 heavy (non-hydrogen) atoms. The summed E-state index contributed by atoms with van der Waals surface area (Å²) in [6.07, 6.45) is 1.82. The minimum absolute atomic E-state index is 0.212. The van der Waals surface area contributed by atoms with Crippen LogP contribution in [0.4, 0.5) is 8.78 Å². The van der Waals surface area contributed by atoms with Gasteiger partial charge in [-0.1, -0.05) is 12.1 Å². The maximum absolute atomic E-state index is 13.3. The number of aliphatic hydroxyl groups excluding tert-OH is 1. The van der Waals surface area contributed by atoms with E-state index in [1.165, 1.54) is 0 Å². The summed E-state index contributed by atoms with van der Waals surface area (Å²) in [7, 11) is 0. The van der Waals surface area contributed by atoms with E-state index >= 15 is 0 Å². The van der Waals surface area contributed by atoms with Crippen LogP contribution in [0.3, 0.4) is 0 Å². The fourth-order valence-corrected chi connectivity index (χ4v) is 2.95. The third-order valence-corrected chi connectivity index (χ3v) is 4.19. The van der Waals surface area contributed by atoms with Gasteiger partial charge >= 0.3 is 6.55 Å². The Balaban J connectivity index is 1.82. The van der Waals surface area contributed by atoms with Crippen molar-refractivity contribution in [3.8, 4) is 0 Å². The van der Waals surface area contributed by atoms with Crippen molar-refractivity contribution in [2.24, 2.45) is 5.92 Å². The van der Waals surface area contributed by atoms with Gasteiger partial charge in [0.15, 0.2) is 0 Å². The maximum atomic E-state index is 13.3. The number of aliphatic hydroxyl groups is 1. The Morgan fingerprint density at radius 1 is 1.24 bits per heavy atom. The number of rotatable bonds is 4. The number of likely N-dealkylation sites (tertiary alicyclic amines) is 1. The number of imidazole rings is 1. The van der Waals surface area contributed by atoms with Crippen LogP contribution in [0, 0.1) is 5.92 Å². The van der Waals surface area contributed by atoms with Gasteiger partial charge in [0.25, 0.3) is 0 Å². The van der Waals surface area contributed by atoms with Crippen molar-refractivity contribution in [3.05, 3.63) is 30.1 Å². The van der Waals surface area contributed by atoms with Crippen molar-refractivity contribution < 1.29 is 13.9 Å². The molecule has 4 nitrogen and oxygen atoms in total. The second-order valence-corrected chi connectivity index (χ2v) is 5.57. The molecule has 2 aromatic rings. The van der Waals surface area contributed by atoms with Gasteiger partial charge in [-0.3, -0.25) is 9.47 Å². The molecule has 1 aromatic carbocycles. The highest BCUT2D eigenvalue weighted by molar-refractivity contribution is 5.75. The fraction of sp³-hybridized carbons (Fsp3) is 0.533. The van der Waals surface area contributed by atoms with E-state index in [2.05, 4.69) is 9.88 Å². The molecule has 0 amide bonds. The highest BCUT2D eigenvalue weighted by Gasteiger charge is 2.23. The van der Waals surface area contributed by atoms with E-state index < -0.39 is 6.55 Å². The Hall–Kier alpha value is -1.53. The van der Waals surface area contributed by atoms with Gasteiger partial charge in [0.2, 0.25) is 0 Å². The number of hydrogen-bond acceptors (Lipinski definition) is 3. The Kier molecular flexibility index (Phi) is 4.17. The van der Waals surface area contributed by atoms with Gasteiger partial charge in [0.1, 0.15) is 5.82 Å². The highest BCUT2D eigenvalue weighted by atomic mass is 19.3. The van der Waals surface area contributed by atoms with Gasteiger partial charge in [-0.2, -0.15) is 8.78 Å². The van der Waals surface area contributed by atoms with Crippen LogP contribution in [0.2, 0.25) is 0 Å². The van der Waals surface area contributed by atoms with Gasteiger partial charge in [0, 0.05) is 6.61 Å². The minimum atomic E-state index is -2.58. The zero-order chi connectivity index (χ0) is 14.8. The van der Waals surface area contributed by atoms with E-state index in [0.29, 0.717) is 29.3 Å². The molecular formula is C15H19F2N3O. The minimum Gasteiger partial charge on any atom is -0.396 e. The summed E-state index contributed by atoms with van der Waals surface area (Å²) in [5.74, 6) is 0.754. The average molecular weight is 295 g/mol. The average Bonchev–Trinajstić information content (AvgIpc) is 2.86. The topological polar surface area (TPSA) is 41.3 Å². The van der Waals surface area contributed by atoms with E-state index in [1.807, 2.05) is 6.07 Å². The summed E-state index contributed by atoms with van der Waals surface area (Å²) in [6, 6.07) is 6.99. The molecule has 0 bridgehead atoms. The SMILES string of the molecule is OCC1CCN(Cc2nc3ccccc3n2C(F)F)CC1. The molecule has 0 spiro atoms. The lowest BCUT2D eigenvalue weighted by molar-refractivity contribution is 0.0655. The number of halogens is 2. The molecule has 0 atom stereocenters. The molecule has 1 N–H and O–H groups in total. The Labute approximate surface area is 122 Å². The third kappa shape index (κ3) is 2.91. The van der Waals surface area contributed by atoms with Crippen molar-refractivity contribution in [1.29, 1.82) is 0 Å². The maximum Gasteiger partial charge on any atom is 0.320 e. The normalized spacial score (nSPS) is 17.9. The summed E-state index contributed by atoms with van der Waals surface area (Å²) < 4.78 is 27.7. The molecule has 3 rings (SSSR count). The zero-order valence-corrected chi connectivity index (χ0v) is 11.8. The summed E-state index contributed by atoms with van der Waals surface area (Å²) >= 11 is 0. The van der Waals surface area contributed by atoms with Crippen LogP contribution in [0.5, 0.6) is 0 Å². The van der Waals surface area contributed by atoms with Gasteiger partial charge in [-0.05, 0) is 44.0 Å². The lowest BCUT2D eigenvalue weighted by Gasteiger charge is -2.30. The molecule has 6 heteroatoms. The predicted molar refractivity (Wildman–Crippen MR) is 76.1 cm³/mol. The van der Waals surface area contributed by atoms with E-state index in [9.17, 15) is 8.78 Å². The van der Waals surface area contributed by atoms with E-state index in [-0.39, 0.29) is 6.61 Å². The number of fused-ring (bicyclic) bond motifs is 1. The molecule has 1 fully saturated rings. The molecule has 2 heterocycles. The molecule has 114 valence electrons. The smallest absolute Gasteiger partial charge is 0.320 e. The molecule has 1 aliphatic heterocycles. The monoisotopic (exact) mass is 295 g/mol. The Morgan fingerprint density at radius 2 is 1.95 bits per heavy atom. The fourth-order valence-electron chi connectivity index (χ4n) is 2.95. The van der Waals surface area contributed by atoms with Crippen molar-refractivity contribution in [2.45, 2.75) is 25.9 Å². The number of para-hydroxylation sites is 2. The lowest BCUT2D eigenvalue weighted by Crippen LogP contribution is -2.35. The molecule has 1 saturated heterocycles. The van der Waals surface area contributed by atoms with Crippen LogP contribution >= 0.6 is 0 Å². The molecule has 0 radical (unpaired) electrons. The van der Waals surface area contributed by atoms with Crippen LogP contribution in [0.1, 0.15) is 25.2 Å². The van der Waals surface area contributed by atoms with Gasteiger partial charge in [-0.25, -0.2) is 4.98 Å². The zero-order valence-electron chi connectivity index (χ0n) is 11.8. The number of nitrogens with zero attached hydrogens (tertiary/aromatic N) is 3. The molecular weight excluding hydrogens is 276 g/mol. The highest BCUT2D eigenvalue weighted by Crippen LogP contribution is 2.25. The standard InChI is InChI=1S/C15H19F2N3O/c16-15(17)20-13-4-2-1-3-12(13)18-14(20)9-19-7-5-11(10-21)6-8-19/h1-4,11,15,21H,5-10H2. The van der Waals surface area contributed by atoms with Gasteiger partial charge in [-0.15, -0.1) is 0 Å². The van der Waals surface area contributed by atoms with Crippen LogP contribution in [0.25, 0.3) is 11.0 Å². The number of piperidine rings is 1. The summed E-state index contributed by atoms with van der Waals surface area (Å²) in [4.78, 5) is 6.49. The largest absolute Gasteiger partial charge is 0.396 e. The first kappa shape index (κ1) is 14.4. The van der Waals surface area contributed by atoms with Crippen molar-refractivity contribution in [3.63, 3.8) is 0 Å². The molecule has 1 aromatic heterocycles. The lowest BCUT2D eigenvalue weighted by atomic mass is 9.98. The first-order chi connectivity index (χ1) is 10.2. The van der Waals surface area contributed by atoms with Crippen LogP contribution in [-0.2, 0) is 6.54 Å². The second-order valence-electron chi connectivity index (χ2n) is 5.57. The first-order valence-corrected chi connectivity index (χ1v) is 7.26. The number of alkyl halides is 2. The quantitative estimate of drug-likeness (QED) is 0.943. The predicted octanol–water partition coefficient (Wildman–Crippen LogP) is 2.64. The molecule has 0 saturated carbocycles.